The third kappa shape index (κ3) is 2.54. The van der Waals surface area contributed by atoms with E-state index in [0.29, 0.717) is 17.8 Å². The van der Waals surface area contributed by atoms with Crippen molar-refractivity contribution < 1.29 is 13.9 Å². The molecule has 0 spiro atoms. The van der Waals surface area contributed by atoms with E-state index in [-0.39, 0.29) is 12.6 Å². The van der Waals surface area contributed by atoms with Crippen molar-refractivity contribution in [3.63, 3.8) is 0 Å². The molecule has 0 fully saturated rings. The number of fused-ring (bicyclic) bond motifs is 2. The Morgan fingerprint density at radius 3 is 2.89 bits per heavy atom. The molecule has 1 aromatic carbocycles. The summed E-state index contributed by atoms with van der Waals surface area (Å²) in [5, 5.41) is 13.7. The molecule has 5 nitrogen and oxygen atoms in total. The highest BCUT2D eigenvalue weighted by atomic mass is 19.2. The fourth-order valence-electron chi connectivity index (χ4n) is 4.33. The molecule has 28 heavy (non-hydrogen) atoms. The van der Waals surface area contributed by atoms with Crippen LogP contribution >= 0.6 is 0 Å². The van der Waals surface area contributed by atoms with E-state index in [4.69, 9.17) is 0 Å². The number of rotatable bonds is 2. The molecule has 0 radical (unpaired) electrons. The predicted octanol–water partition coefficient (Wildman–Crippen LogP) is 3.20. The predicted molar refractivity (Wildman–Crippen MR) is 105 cm³/mol. The van der Waals surface area contributed by atoms with Crippen LogP contribution in [0.2, 0.25) is 0 Å². The monoisotopic (exact) mass is 382 g/mol. The first-order valence-electron chi connectivity index (χ1n) is 9.32. The summed E-state index contributed by atoms with van der Waals surface area (Å²) in [7, 11) is 1.88. The van der Waals surface area contributed by atoms with Crippen LogP contribution in [0.1, 0.15) is 17.7 Å². The summed E-state index contributed by atoms with van der Waals surface area (Å²) in [5.41, 5.74) is 6.04. The van der Waals surface area contributed by atoms with Gasteiger partial charge in [0, 0.05) is 59.8 Å². The number of pyridine rings is 1. The number of nitrogens with zero attached hydrogens (tertiary/aromatic N) is 2. The van der Waals surface area contributed by atoms with E-state index in [1.165, 1.54) is 12.1 Å². The van der Waals surface area contributed by atoms with Crippen molar-refractivity contribution in [2.24, 2.45) is 0 Å². The van der Waals surface area contributed by atoms with Gasteiger partial charge in [0.05, 0.1) is 6.61 Å². The Kier molecular flexibility index (Phi) is 3.96. The van der Waals surface area contributed by atoms with Crippen molar-refractivity contribution in [2.45, 2.75) is 19.0 Å². The summed E-state index contributed by atoms with van der Waals surface area (Å²) in [6, 6.07) is 4.30. The summed E-state index contributed by atoms with van der Waals surface area (Å²) in [6.45, 7) is 1.35. The Hall–Kier alpha value is -2.77. The van der Waals surface area contributed by atoms with Crippen molar-refractivity contribution in [3.05, 3.63) is 53.4 Å². The summed E-state index contributed by atoms with van der Waals surface area (Å²) >= 11 is 0. The molecule has 0 aliphatic carbocycles. The number of nitrogens with one attached hydrogen (secondary N) is 2. The summed E-state index contributed by atoms with van der Waals surface area (Å²) < 4.78 is 28.0. The van der Waals surface area contributed by atoms with Crippen molar-refractivity contribution >= 4 is 22.3 Å². The largest absolute Gasteiger partial charge is 0.394 e. The van der Waals surface area contributed by atoms with Crippen LogP contribution in [0.3, 0.4) is 0 Å². The highest BCUT2D eigenvalue weighted by molar-refractivity contribution is 6.02. The fourth-order valence-corrected chi connectivity index (χ4v) is 4.33. The lowest BCUT2D eigenvalue weighted by Gasteiger charge is -2.23. The minimum Gasteiger partial charge on any atom is -0.394 e. The van der Waals surface area contributed by atoms with E-state index in [9.17, 15) is 13.9 Å². The Balaban J connectivity index is 1.78. The third-order valence-electron chi connectivity index (χ3n) is 5.65. The molecular weight excluding hydrogens is 362 g/mol. The molecule has 1 atom stereocenters. The van der Waals surface area contributed by atoms with Gasteiger partial charge in [-0.1, -0.05) is 6.08 Å². The van der Waals surface area contributed by atoms with Gasteiger partial charge >= 0.3 is 0 Å². The molecule has 0 amide bonds. The SMILES string of the molecule is CN1Cc2c(C3=C[C@H](CO)NCC3)[nH]c3nccc(c23)-c2cc(F)c(F)cc21. The van der Waals surface area contributed by atoms with Gasteiger partial charge in [0.25, 0.3) is 0 Å². The second-order valence-electron chi connectivity index (χ2n) is 7.39. The van der Waals surface area contributed by atoms with E-state index in [1.807, 2.05) is 24.1 Å². The highest BCUT2D eigenvalue weighted by Gasteiger charge is 2.27. The van der Waals surface area contributed by atoms with Crippen LogP contribution in [0.4, 0.5) is 14.5 Å². The summed E-state index contributed by atoms with van der Waals surface area (Å²) in [5.74, 6) is -1.71. The molecule has 3 aromatic rings. The zero-order valence-electron chi connectivity index (χ0n) is 15.4. The van der Waals surface area contributed by atoms with Gasteiger partial charge in [-0.2, -0.15) is 0 Å². The number of benzene rings is 1. The third-order valence-corrected chi connectivity index (χ3v) is 5.65. The molecule has 5 rings (SSSR count). The summed E-state index contributed by atoms with van der Waals surface area (Å²) in [4.78, 5) is 9.86. The maximum atomic E-state index is 14.0. The fraction of sp³-hybridized carbons (Fsp3) is 0.286. The first-order chi connectivity index (χ1) is 13.6. The van der Waals surface area contributed by atoms with Gasteiger partial charge in [-0.25, -0.2) is 13.8 Å². The van der Waals surface area contributed by atoms with Gasteiger partial charge in [-0.05, 0) is 36.2 Å². The molecular formula is C21H20F2N4O. The molecule has 0 bridgehead atoms. The zero-order valence-corrected chi connectivity index (χ0v) is 15.4. The van der Waals surface area contributed by atoms with E-state index < -0.39 is 11.6 Å². The topological polar surface area (TPSA) is 64.2 Å². The average molecular weight is 382 g/mol. The van der Waals surface area contributed by atoms with E-state index in [1.54, 1.807) is 6.20 Å². The quantitative estimate of drug-likeness (QED) is 0.637. The van der Waals surface area contributed by atoms with E-state index in [2.05, 4.69) is 15.3 Å². The number of aromatic amines is 1. The Labute approximate surface area is 160 Å². The molecule has 2 aromatic heterocycles. The van der Waals surface area contributed by atoms with Gasteiger partial charge in [0.1, 0.15) is 5.65 Å². The molecule has 0 unspecified atom stereocenters. The van der Waals surface area contributed by atoms with Crippen LogP contribution < -0.4 is 10.2 Å². The maximum Gasteiger partial charge on any atom is 0.160 e. The highest BCUT2D eigenvalue weighted by Crippen LogP contribution is 2.43. The van der Waals surface area contributed by atoms with E-state index >= 15 is 0 Å². The maximum absolute atomic E-state index is 14.0. The number of anilines is 1. The average Bonchev–Trinajstić information content (AvgIpc) is 3.02. The Morgan fingerprint density at radius 2 is 2.07 bits per heavy atom. The van der Waals surface area contributed by atoms with Gasteiger partial charge in [0.15, 0.2) is 11.6 Å². The molecule has 7 heteroatoms. The van der Waals surface area contributed by atoms with Gasteiger partial charge in [-0.3, -0.25) is 0 Å². The molecule has 0 saturated heterocycles. The molecule has 4 heterocycles. The zero-order chi connectivity index (χ0) is 19.4. The Bertz CT molecular complexity index is 1120. The lowest BCUT2D eigenvalue weighted by Crippen LogP contribution is -2.35. The lowest BCUT2D eigenvalue weighted by atomic mass is 9.96. The van der Waals surface area contributed by atoms with Crippen LogP contribution in [0.5, 0.6) is 0 Å². The molecule has 2 aliphatic rings. The number of aromatic nitrogens is 2. The lowest BCUT2D eigenvalue weighted by molar-refractivity contribution is 0.263. The minimum atomic E-state index is -0.858. The van der Waals surface area contributed by atoms with Crippen LogP contribution in [-0.4, -0.2) is 41.3 Å². The second kappa shape index (κ2) is 6.39. The van der Waals surface area contributed by atoms with Gasteiger partial charge in [-0.15, -0.1) is 0 Å². The van der Waals surface area contributed by atoms with Gasteiger partial charge in [0.2, 0.25) is 0 Å². The second-order valence-corrected chi connectivity index (χ2v) is 7.39. The molecule has 3 N–H and O–H groups in total. The molecule has 0 saturated carbocycles. The van der Waals surface area contributed by atoms with Crippen LogP contribution in [0.15, 0.2) is 30.5 Å². The number of hydrogen-bond acceptors (Lipinski definition) is 4. The van der Waals surface area contributed by atoms with Crippen LogP contribution in [-0.2, 0) is 6.54 Å². The van der Waals surface area contributed by atoms with Crippen molar-refractivity contribution in [1.29, 1.82) is 0 Å². The number of H-pyrrole nitrogens is 1. The number of halogens is 2. The molecule has 144 valence electrons. The smallest absolute Gasteiger partial charge is 0.160 e. The normalized spacial score (nSPS) is 18.8. The molecule has 2 aliphatic heterocycles. The first-order valence-corrected chi connectivity index (χ1v) is 9.32. The first kappa shape index (κ1) is 17.3. The van der Waals surface area contributed by atoms with Crippen molar-refractivity contribution in [1.82, 2.24) is 15.3 Å². The van der Waals surface area contributed by atoms with Crippen LogP contribution in [0.25, 0.3) is 27.7 Å². The standard InChI is InChI=1S/C21H20F2N4O/c1-27-9-15-19-13(14-7-16(22)17(23)8-18(14)27)3-5-25-21(19)26-20(15)11-2-4-24-12(6-11)10-28/h3,5-8,12,24,28H,2,4,9-10H2,1H3,(H,25,26)/t12-/m1/s1. The number of aliphatic hydroxyl groups is 1. The van der Waals surface area contributed by atoms with Crippen molar-refractivity contribution in [2.75, 3.05) is 25.1 Å². The minimum absolute atomic E-state index is 0.0342. The van der Waals surface area contributed by atoms with Gasteiger partial charge < -0.3 is 20.3 Å². The Morgan fingerprint density at radius 1 is 1.25 bits per heavy atom. The van der Waals surface area contributed by atoms with Crippen LogP contribution in [0, 0.1) is 11.6 Å². The number of aliphatic hydroxyl groups excluding tert-OH is 1. The summed E-state index contributed by atoms with van der Waals surface area (Å²) in [6.07, 6.45) is 4.55. The van der Waals surface area contributed by atoms with E-state index in [0.717, 1.165) is 46.4 Å². The van der Waals surface area contributed by atoms with Crippen molar-refractivity contribution in [3.8, 4) is 11.1 Å². The number of hydrogen-bond donors (Lipinski definition) is 3.